The second kappa shape index (κ2) is 8.63. The number of hydrogen-bond acceptors (Lipinski definition) is 0. The van der Waals surface area contributed by atoms with Crippen molar-refractivity contribution >= 4 is 33.2 Å². The molecule has 4 rings (SSSR count). The summed E-state index contributed by atoms with van der Waals surface area (Å²) in [6.07, 6.45) is 8.08. The van der Waals surface area contributed by atoms with Crippen LogP contribution in [0.3, 0.4) is 0 Å². The summed E-state index contributed by atoms with van der Waals surface area (Å²) in [5.41, 5.74) is 5.02. The Morgan fingerprint density at radius 1 is 0.567 bits per heavy atom. The van der Waals surface area contributed by atoms with Gasteiger partial charge in [0, 0.05) is 0 Å². The third kappa shape index (κ3) is 4.09. The van der Waals surface area contributed by atoms with Gasteiger partial charge >= 0.3 is 0 Å². The van der Waals surface area contributed by atoms with E-state index in [9.17, 15) is 0 Å². The SMILES string of the molecule is C=C(/C=C\C(=C)c1c2ccccc2cc2ccccc12)C(=C)/C=C\c1ccccc1. The summed E-state index contributed by atoms with van der Waals surface area (Å²) in [4.78, 5) is 0. The molecule has 144 valence electrons. The Bertz CT molecular complexity index is 1260. The van der Waals surface area contributed by atoms with Gasteiger partial charge in [0.05, 0.1) is 0 Å². The van der Waals surface area contributed by atoms with Crippen molar-refractivity contribution in [2.75, 3.05) is 0 Å². The Kier molecular flexibility index (Phi) is 5.59. The van der Waals surface area contributed by atoms with Gasteiger partial charge in [0.15, 0.2) is 0 Å². The second-order valence-corrected chi connectivity index (χ2v) is 7.35. The lowest BCUT2D eigenvalue weighted by molar-refractivity contribution is 1.60. The van der Waals surface area contributed by atoms with Crippen molar-refractivity contribution in [3.63, 3.8) is 0 Å². The molecule has 0 aliphatic heterocycles. The van der Waals surface area contributed by atoms with E-state index in [1.54, 1.807) is 0 Å². The molecule has 0 aliphatic rings. The van der Waals surface area contributed by atoms with Crippen LogP contribution in [-0.4, -0.2) is 0 Å². The molecule has 0 heterocycles. The van der Waals surface area contributed by atoms with Crippen molar-refractivity contribution in [2.45, 2.75) is 0 Å². The molecule has 0 amide bonds. The van der Waals surface area contributed by atoms with Gasteiger partial charge in [-0.1, -0.05) is 123 Å². The molecular formula is C30H24. The molecule has 0 unspecified atom stereocenters. The maximum absolute atomic E-state index is 4.37. The van der Waals surface area contributed by atoms with E-state index < -0.39 is 0 Å². The molecule has 0 atom stereocenters. The highest BCUT2D eigenvalue weighted by atomic mass is 14.1. The molecule has 0 bridgehead atoms. The van der Waals surface area contributed by atoms with Crippen molar-refractivity contribution < 1.29 is 0 Å². The van der Waals surface area contributed by atoms with Crippen LogP contribution in [0.1, 0.15) is 11.1 Å². The van der Waals surface area contributed by atoms with E-state index in [1.165, 1.54) is 21.5 Å². The molecule has 0 saturated carbocycles. The Hall–Kier alpha value is -3.90. The van der Waals surface area contributed by atoms with Crippen molar-refractivity contribution in [3.05, 3.63) is 145 Å². The molecule has 0 heteroatoms. The number of allylic oxidation sites excluding steroid dienone is 6. The smallest absolute Gasteiger partial charge is 0.00328 e. The standard InChI is InChI=1S/C30H24/c1-22(23(2)19-20-25-11-5-4-6-12-25)17-18-24(3)30-28-15-9-7-13-26(28)21-27-14-8-10-16-29(27)30/h4-21H,1-3H2/b18-17-,20-19-. The molecule has 0 fully saturated rings. The molecule has 0 aromatic heterocycles. The highest BCUT2D eigenvalue weighted by Gasteiger charge is 2.08. The van der Waals surface area contributed by atoms with Gasteiger partial charge in [0.2, 0.25) is 0 Å². The Morgan fingerprint density at radius 2 is 1.10 bits per heavy atom. The minimum Gasteiger partial charge on any atom is -0.0912 e. The quantitative estimate of drug-likeness (QED) is 0.231. The lowest BCUT2D eigenvalue weighted by atomic mass is 9.92. The zero-order valence-corrected chi connectivity index (χ0v) is 17.0. The first-order chi connectivity index (χ1) is 14.6. The molecule has 0 radical (unpaired) electrons. The summed E-state index contributed by atoms with van der Waals surface area (Å²) in [5, 5.41) is 4.85. The summed E-state index contributed by atoms with van der Waals surface area (Å²) in [7, 11) is 0. The first kappa shape index (κ1) is 19.4. The van der Waals surface area contributed by atoms with Crippen molar-refractivity contribution in [3.8, 4) is 0 Å². The zero-order chi connectivity index (χ0) is 20.9. The van der Waals surface area contributed by atoms with Crippen LogP contribution in [-0.2, 0) is 0 Å². The van der Waals surface area contributed by atoms with E-state index in [0.717, 1.165) is 27.8 Å². The average Bonchev–Trinajstić information content (AvgIpc) is 2.79. The molecule has 0 spiro atoms. The first-order valence-corrected chi connectivity index (χ1v) is 10.0. The van der Waals surface area contributed by atoms with Crippen LogP contribution in [0.25, 0.3) is 33.2 Å². The molecule has 0 saturated heterocycles. The topological polar surface area (TPSA) is 0 Å². The summed E-state index contributed by atoms with van der Waals surface area (Å²) < 4.78 is 0. The van der Waals surface area contributed by atoms with E-state index >= 15 is 0 Å². The maximum Gasteiger partial charge on any atom is -0.00328 e. The summed E-state index contributed by atoms with van der Waals surface area (Å²) in [6, 6.07) is 29.3. The van der Waals surface area contributed by atoms with E-state index in [-0.39, 0.29) is 0 Å². The molecule has 0 N–H and O–H groups in total. The Morgan fingerprint density at radius 3 is 1.73 bits per heavy atom. The molecule has 0 nitrogen and oxygen atoms in total. The fourth-order valence-corrected chi connectivity index (χ4v) is 3.62. The number of fused-ring (bicyclic) bond motifs is 2. The van der Waals surface area contributed by atoms with Crippen molar-refractivity contribution in [1.29, 1.82) is 0 Å². The lowest BCUT2D eigenvalue weighted by Gasteiger charge is -2.12. The van der Waals surface area contributed by atoms with E-state index in [4.69, 9.17) is 0 Å². The Balaban J connectivity index is 1.62. The summed E-state index contributed by atoms with van der Waals surface area (Å²) in [6.45, 7) is 12.7. The van der Waals surface area contributed by atoms with Gasteiger partial charge in [-0.25, -0.2) is 0 Å². The molecule has 30 heavy (non-hydrogen) atoms. The molecule has 0 aliphatic carbocycles. The predicted octanol–water partition coefficient (Wildman–Crippen LogP) is 8.39. The minimum atomic E-state index is 0.868. The summed E-state index contributed by atoms with van der Waals surface area (Å²) >= 11 is 0. The highest BCUT2D eigenvalue weighted by Crippen LogP contribution is 2.33. The lowest BCUT2D eigenvalue weighted by Crippen LogP contribution is -1.88. The van der Waals surface area contributed by atoms with Gasteiger partial charge in [-0.15, -0.1) is 0 Å². The third-order valence-corrected chi connectivity index (χ3v) is 5.27. The maximum atomic E-state index is 4.37. The monoisotopic (exact) mass is 384 g/mol. The van der Waals surface area contributed by atoms with Crippen LogP contribution in [0.4, 0.5) is 0 Å². The summed E-state index contributed by atoms with van der Waals surface area (Å²) in [5.74, 6) is 0. The fourth-order valence-electron chi connectivity index (χ4n) is 3.62. The van der Waals surface area contributed by atoms with E-state index in [2.05, 4.69) is 86.5 Å². The van der Waals surface area contributed by atoms with Crippen LogP contribution in [0.5, 0.6) is 0 Å². The van der Waals surface area contributed by atoms with Gasteiger partial charge in [-0.05, 0) is 55.5 Å². The number of hydrogen-bond donors (Lipinski definition) is 0. The number of rotatable bonds is 6. The van der Waals surface area contributed by atoms with Gasteiger partial charge in [-0.2, -0.15) is 0 Å². The van der Waals surface area contributed by atoms with Crippen molar-refractivity contribution in [2.24, 2.45) is 0 Å². The predicted molar refractivity (Wildman–Crippen MR) is 133 cm³/mol. The Labute approximate surface area is 178 Å². The normalized spacial score (nSPS) is 11.5. The van der Waals surface area contributed by atoms with Gasteiger partial charge in [-0.3, -0.25) is 0 Å². The average molecular weight is 385 g/mol. The van der Waals surface area contributed by atoms with Crippen LogP contribution in [0.2, 0.25) is 0 Å². The van der Waals surface area contributed by atoms with Gasteiger partial charge < -0.3 is 0 Å². The largest absolute Gasteiger partial charge is 0.0912 e. The minimum absolute atomic E-state index is 0.868. The highest BCUT2D eigenvalue weighted by molar-refractivity contribution is 6.10. The van der Waals surface area contributed by atoms with Crippen LogP contribution < -0.4 is 0 Å². The molecule has 4 aromatic carbocycles. The van der Waals surface area contributed by atoms with E-state index in [1.807, 2.05) is 42.5 Å². The first-order valence-electron chi connectivity index (χ1n) is 10.0. The number of benzene rings is 4. The zero-order valence-electron chi connectivity index (χ0n) is 17.0. The van der Waals surface area contributed by atoms with Gasteiger partial charge in [0.1, 0.15) is 0 Å². The van der Waals surface area contributed by atoms with E-state index in [0.29, 0.717) is 0 Å². The van der Waals surface area contributed by atoms with Gasteiger partial charge in [0.25, 0.3) is 0 Å². The van der Waals surface area contributed by atoms with Crippen LogP contribution in [0.15, 0.2) is 134 Å². The fraction of sp³-hybridized carbons (Fsp3) is 0. The van der Waals surface area contributed by atoms with Crippen LogP contribution >= 0.6 is 0 Å². The third-order valence-electron chi connectivity index (χ3n) is 5.27. The molecule has 4 aromatic rings. The molecular weight excluding hydrogens is 360 g/mol. The van der Waals surface area contributed by atoms with Crippen molar-refractivity contribution in [1.82, 2.24) is 0 Å². The van der Waals surface area contributed by atoms with Crippen LogP contribution in [0, 0.1) is 0 Å². The second-order valence-electron chi connectivity index (χ2n) is 7.35.